The van der Waals surface area contributed by atoms with Crippen LogP contribution in [0, 0.1) is 0 Å². The number of halogens is 2. The van der Waals surface area contributed by atoms with Gasteiger partial charge >= 0.3 is 0 Å². The fourth-order valence-electron chi connectivity index (χ4n) is 0.989. The smallest absolute Gasteiger partial charge is 0.156 e. The Kier molecular flexibility index (Phi) is 4.08. The van der Waals surface area contributed by atoms with Gasteiger partial charge in [-0.25, -0.2) is 0 Å². The molecule has 0 aromatic heterocycles. The van der Waals surface area contributed by atoms with Gasteiger partial charge in [-0.1, -0.05) is 18.5 Å². The van der Waals surface area contributed by atoms with Crippen LogP contribution in [0.25, 0.3) is 0 Å². The van der Waals surface area contributed by atoms with Crippen molar-refractivity contribution in [2.45, 2.75) is 26.4 Å². The van der Waals surface area contributed by atoms with Crippen molar-refractivity contribution in [3.8, 4) is 5.75 Å². The lowest BCUT2D eigenvalue weighted by Gasteiger charge is -2.16. The number of anilines is 1. The molecule has 0 aliphatic heterocycles. The van der Waals surface area contributed by atoms with Crippen LogP contribution in [0.3, 0.4) is 0 Å². The van der Waals surface area contributed by atoms with Gasteiger partial charge < -0.3 is 10.5 Å². The van der Waals surface area contributed by atoms with Crippen LogP contribution in [0.1, 0.15) is 20.3 Å². The molecule has 0 radical (unpaired) electrons. The lowest BCUT2D eigenvalue weighted by molar-refractivity contribution is 0.217. The summed E-state index contributed by atoms with van der Waals surface area (Å²) in [6.45, 7) is 4.06. The lowest BCUT2D eigenvalue weighted by atomic mass is 10.2. The van der Waals surface area contributed by atoms with E-state index >= 15 is 0 Å². The molecule has 2 nitrogen and oxygen atoms in total. The molecule has 1 atom stereocenters. The van der Waals surface area contributed by atoms with E-state index in [0.29, 0.717) is 16.5 Å². The highest BCUT2D eigenvalue weighted by Gasteiger charge is 2.10. The molecule has 0 amide bonds. The Bertz CT molecular complexity index is 307. The molecule has 1 rings (SSSR count). The Morgan fingerprint density at radius 2 is 2.21 bits per heavy atom. The number of benzene rings is 1. The third-order valence-electron chi connectivity index (χ3n) is 1.93. The molecular weight excluding hydrogens is 265 g/mol. The second kappa shape index (κ2) is 4.89. The molecule has 1 aromatic rings. The van der Waals surface area contributed by atoms with E-state index in [1.54, 1.807) is 12.1 Å². The SMILES string of the molecule is CCC(C)Oc1c(N)cc(Cl)cc1Br. The van der Waals surface area contributed by atoms with E-state index in [1.807, 2.05) is 6.92 Å². The summed E-state index contributed by atoms with van der Waals surface area (Å²) in [5.41, 5.74) is 6.35. The summed E-state index contributed by atoms with van der Waals surface area (Å²) in [7, 11) is 0. The van der Waals surface area contributed by atoms with Crippen molar-refractivity contribution in [1.82, 2.24) is 0 Å². The highest BCUT2D eigenvalue weighted by atomic mass is 79.9. The topological polar surface area (TPSA) is 35.2 Å². The van der Waals surface area contributed by atoms with Crippen molar-refractivity contribution >= 4 is 33.2 Å². The summed E-state index contributed by atoms with van der Waals surface area (Å²) in [6.07, 6.45) is 1.09. The van der Waals surface area contributed by atoms with Gasteiger partial charge in [0.25, 0.3) is 0 Å². The summed E-state index contributed by atoms with van der Waals surface area (Å²) in [4.78, 5) is 0. The van der Waals surface area contributed by atoms with Crippen molar-refractivity contribution in [2.24, 2.45) is 0 Å². The molecule has 1 aromatic carbocycles. The minimum absolute atomic E-state index is 0.148. The Labute approximate surface area is 97.5 Å². The van der Waals surface area contributed by atoms with E-state index in [2.05, 4.69) is 22.9 Å². The number of hydrogen-bond donors (Lipinski definition) is 1. The second-order valence-electron chi connectivity index (χ2n) is 3.14. The van der Waals surface area contributed by atoms with Crippen molar-refractivity contribution in [3.63, 3.8) is 0 Å². The Morgan fingerprint density at radius 1 is 1.57 bits per heavy atom. The summed E-state index contributed by atoms with van der Waals surface area (Å²) < 4.78 is 6.44. The standard InChI is InChI=1S/C10H13BrClNO/c1-3-6(2)14-10-8(11)4-7(12)5-9(10)13/h4-6H,3,13H2,1-2H3. The van der Waals surface area contributed by atoms with Crippen LogP contribution < -0.4 is 10.5 Å². The predicted octanol–water partition coefficient (Wildman–Crippen LogP) is 3.86. The maximum absolute atomic E-state index is 5.83. The minimum atomic E-state index is 0.148. The normalized spacial score (nSPS) is 12.6. The quantitative estimate of drug-likeness (QED) is 0.852. The molecule has 2 N–H and O–H groups in total. The number of rotatable bonds is 3. The van der Waals surface area contributed by atoms with Gasteiger partial charge in [0.15, 0.2) is 5.75 Å². The summed E-state index contributed by atoms with van der Waals surface area (Å²) in [5.74, 6) is 0.670. The van der Waals surface area contributed by atoms with Gasteiger partial charge in [0, 0.05) is 5.02 Å². The molecule has 0 bridgehead atoms. The van der Waals surface area contributed by atoms with Crippen molar-refractivity contribution in [2.75, 3.05) is 5.73 Å². The number of hydrogen-bond acceptors (Lipinski definition) is 2. The van der Waals surface area contributed by atoms with Crippen LogP contribution in [0.15, 0.2) is 16.6 Å². The zero-order valence-electron chi connectivity index (χ0n) is 8.18. The first-order valence-corrected chi connectivity index (χ1v) is 5.62. The number of ether oxygens (including phenoxy) is 1. The van der Waals surface area contributed by atoms with E-state index in [4.69, 9.17) is 22.1 Å². The maximum Gasteiger partial charge on any atom is 0.156 e. The molecule has 0 aliphatic carbocycles. The molecule has 0 spiro atoms. The zero-order valence-corrected chi connectivity index (χ0v) is 10.5. The van der Waals surface area contributed by atoms with Gasteiger partial charge in [-0.2, -0.15) is 0 Å². The molecule has 0 fully saturated rings. The Hall–Kier alpha value is -0.410. The summed E-state index contributed by atoms with van der Waals surface area (Å²) in [5, 5.41) is 0.603. The molecule has 14 heavy (non-hydrogen) atoms. The monoisotopic (exact) mass is 277 g/mol. The van der Waals surface area contributed by atoms with Gasteiger partial charge in [0.05, 0.1) is 16.3 Å². The average Bonchev–Trinajstić information content (AvgIpc) is 2.10. The van der Waals surface area contributed by atoms with E-state index in [1.165, 1.54) is 0 Å². The van der Waals surface area contributed by atoms with Gasteiger partial charge in [0.2, 0.25) is 0 Å². The molecular formula is C10H13BrClNO. The number of nitrogen functional groups attached to an aromatic ring is 1. The Morgan fingerprint density at radius 3 is 2.71 bits per heavy atom. The van der Waals surface area contributed by atoms with Crippen LogP contribution in [0.5, 0.6) is 5.75 Å². The number of nitrogens with two attached hydrogens (primary N) is 1. The van der Waals surface area contributed by atoms with Crippen LogP contribution in [0.4, 0.5) is 5.69 Å². The summed E-state index contributed by atoms with van der Waals surface area (Å²) in [6, 6.07) is 3.46. The van der Waals surface area contributed by atoms with Crippen molar-refractivity contribution in [1.29, 1.82) is 0 Å². The van der Waals surface area contributed by atoms with Gasteiger partial charge in [-0.05, 0) is 41.4 Å². The average molecular weight is 279 g/mol. The third kappa shape index (κ3) is 2.79. The zero-order chi connectivity index (χ0) is 10.7. The lowest BCUT2D eigenvalue weighted by Crippen LogP contribution is -2.11. The van der Waals surface area contributed by atoms with Gasteiger partial charge in [-0.3, -0.25) is 0 Å². The largest absolute Gasteiger partial charge is 0.487 e. The van der Waals surface area contributed by atoms with Crippen LogP contribution in [-0.4, -0.2) is 6.10 Å². The first-order chi connectivity index (χ1) is 6.54. The first kappa shape index (κ1) is 11.7. The molecule has 0 aliphatic rings. The molecule has 0 saturated heterocycles. The highest BCUT2D eigenvalue weighted by Crippen LogP contribution is 2.35. The third-order valence-corrected chi connectivity index (χ3v) is 2.74. The predicted molar refractivity (Wildman–Crippen MR) is 63.9 cm³/mol. The Balaban J connectivity index is 2.96. The summed E-state index contributed by atoms with van der Waals surface area (Å²) >= 11 is 9.19. The second-order valence-corrected chi connectivity index (χ2v) is 4.43. The van der Waals surface area contributed by atoms with Crippen LogP contribution in [0.2, 0.25) is 5.02 Å². The minimum Gasteiger partial charge on any atom is -0.487 e. The van der Waals surface area contributed by atoms with E-state index in [0.717, 1.165) is 10.9 Å². The van der Waals surface area contributed by atoms with Crippen LogP contribution >= 0.6 is 27.5 Å². The van der Waals surface area contributed by atoms with Crippen LogP contribution in [-0.2, 0) is 0 Å². The fraction of sp³-hybridized carbons (Fsp3) is 0.400. The van der Waals surface area contributed by atoms with Crippen molar-refractivity contribution in [3.05, 3.63) is 21.6 Å². The molecule has 1 unspecified atom stereocenters. The van der Waals surface area contributed by atoms with Crippen molar-refractivity contribution < 1.29 is 4.74 Å². The maximum atomic E-state index is 5.83. The molecule has 78 valence electrons. The van der Waals surface area contributed by atoms with Gasteiger partial charge in [0.1, 0.15) is 0 Å². The first-order valence-electron chi connectivity index (χ1n) is 4.45. The van der Waals surface area contributed by atoms with E-state index < -0.39 is 0 Å². The fourth-order valence-corrected chi connectivity index (χ4v) is 1.92. The van der Waals surface area contributed by atoms with E-state index in [9.17, 15) is 0 Å². The molecule has 0 heterocycles. The van der Waals surface area contributed by atoms with Gasteiger partial charge in [-0.15, -0.1) is 0 Å². The molecule has 4 heteroatoms. The highest BCUT2D eigenvalue weighted by molar-refractivity contribution is 9.10. The molecule has 0 saturated carbocycles. The van der Waals surface area contributed by atoms with E-state index in [-0.39, 0.29) is 6.10 Å².